The molecule has 2 unspecified atom stereocenters. The van der Waals surface area contributed by atoms with Gasteiger partial charge in [0.25, 0.3) is 0 Å². The summed E-state index contributed by atoms with van der Waals surface area (Å²) in [6, 6.07) is 6.63. The summed E-state index contributed by atoms with van der Waals surface area (Å²) in [4.78, 5) is 10.4. The number of aliphatic imine (C=N–C) groups is 1. The van der Waals surface area contributed by atoms with E-state index in [1.54, 1.807) is 11.9 Å². The molecule has 1 aromatic heterocycles. The van der Waals surface area contributed by atoms with E-state index in [0.717, 1.165) is 41.6 Å². The fraction of sp³-hybridized carbons (Fsp3) is 0.370. The third-order valence-corrected chi connectivity index (χ3v) is 7.31. The summed E-state index contributed by atoms with van der Waals surface area (Å²) >= 11 is 1.55. The van der Waals surface area contributed by atoms with Crippen LogP contribution < -0.4 is 5.01 Å². The Kier molecular flexibility index (Phi) is 7.27. The van der Waals surface area contributed by atoms with Gasteiger partial charge in [0.1, 0.15) is 12.4 Å². The summed E-state index contributed by atoms with van der Waals surface area (Å²) in [6.07, 6.45) is 13.5. The molecule has 0 spiro atoms. The molecule has 0 saturated carbocycles. The summed E-state index contributed by atoms with van der Waals surface area (Å²) in [5.74, 6) is 1.84. The first-order chi connectivity index (χ1) is 17.7. The van der Waals surface area contributed by atoms with Gasteiger partial charge in [0, 0.05) is 41.1 Å². The summed E-state index contributed by atoms with van der Waals surface area (Å²) in [5, 5.41) is 4.32. The Balaban J connectivity index is 0.00000130. The molecule has 4 aliphatic rings. The number of rotatable bonds is 3. The Morgan fingerprint density at radius 1 is 1.14 bits per heavy atom. The van der Waals surface area contributed by atoms with Gasteiger partial charge in [0.2, 0.25) is 0 Å². The predicted molar refractivity (Wildman–Crippen MR) is 145 cm³/mol. The first kappa shape index (κ1) is 24.4. The predicted octanol–water partition coefficient (Wildman–Crippen LogP) is 5.50. The maximum atomic E-state index is 13.5. The third kappa shape index (κ3) is 4.84. The van der Waals surface area contributed by atoms with Crippen LogP contribution in [0.3, 0.4) is 0 Å². The van der Waals surface area contributed by atoms with Gasteiger partial charge in [0.05, 0.1) is 43.0 Å². The summed E-state index contributed by atoms with van der Waals surface area (Å²) < 4.78 is 26.2. The second kappa shape index (κ2) is 10.7. The van der Waals surface area contributed by atoms with Crippen molar-refractivity contribution in [2.24, 2.45) is 21.2 Å². The van der Waals surface area contributed by atoms with Crippen LogP contribution >= 0.6 is 11.9 Å². The first-order valence-electron chi connectivity index (χ1n) is 12.5. The minimum atomic E-state index is -0.232. The van der Waals surface area contributed by atoms with Crippen LogP contribution in [-0.2, 0) is 4.74 Å². The molecule has 7 nitrogen and oxygen atoms in total. The van der Waals surface area contributed by atoms with E-state index in [9.17, 15) is 4.39 Å². The molecule has 36 heavy (non-hydrogen) atoms. The van der Waals surface area contributed by atoms with Gasteiger partial charge in [-0.25, -0.2) is 13.8 Å². The maximum absolute atomic E-state index is 13.5. The number of imidazole rings is 1. The van der Waals surface area contributed by atoms with Gasteiger partial charge in [-0.05, 0) is 49.8 Å². The molecule has 188 valence electrons. The Morgan fingerprint density at radius 2 is 1.97 bits per heavy atom. The van der Waals surface area contributed by atoms with E-state index in [2.05, 4.69) is 42.2 Å². The number of hydrogen-bond acceptors (Lipinski definition) is 7. The van der Waals surface area contributed by atoms with Crippen molar-refractivity contribution >= 4 is 35.4 Å². The number of aryl methyl sites for hydroxylation is 1. The maximum Gasteiger partial charge on any atom is 0.185 e. The second-order valence-electron chi connectivity index (χ2n) is 8.69. The van der Waals surface area contributed by atoms with Crippen LogP contribution in [0.5, 0.6) is 0 Å². The van der Waals surface area contributed by atoms with Gasteiger partial charge in [-0.15, -0.1) is 0 Å². The SMILES string of the molecule is CC.Cc1cn(C2=C3SN=CC3CC(/C=C3\OCCN4C3=NCCN4c3ccc(F)cc3)C=C2)cn1. The average Bonchev–Trinajstić information content (AvgIpc) is 3.51. The largest absolute Gasteiger partial charge is 0.488 e. The lowest BCUT2D eigenvalue weighted by atomic mass is 9.95. The quantitative estimate of drug-likeness (QED) is 0.515. The minimum absolute atomic E-state index is 0.172. The molecule has 9 heteroatoms. The average molecular weight is 507 g/mol. The highest BCUT2D eigenvalue weighted by Crippen LogP contribution is 2.42. The lowest BCUT2D eigenvalue weighted by Gasteiger charge is -2.44. The highest BCUT2D eigenvalue weighted by Gasteiger charge is 2.32. The molecule has 2 aromatic rings. The van der Waals surface area contributed by atoms with Crippen LogP contribution in [0.25, 0.3) is 5.70 Å². The number of anilines is 1. The molecule has 2 atom stereocenters. The van der Waals surface area contributed by atoms with Gasteiger partial charge in [0.15, 0.2) is 11.6 Å². The van der Waals surface area contributed by atoms with Crippen LogP contribution in [-0.4, -0.2) is 52.9 Å². The third-order valence-electron chi connectivity index (χ3n) is 6.38. The summed E-state index contributed by atoms with van der Waals surface area (Å²) in [7, 11) is 0. The molecule has 1 aliphatic carbocycles. The van der Waals surface area contributed by atoms with Gasteiger partial charge < -0.3 is 9.30 Å². The number of amidine groups is 1. The van der Waals surface area contributed by atoms with Crippen LogP contribution in [0.1, 0.15) is 26.0 Å². The van der Waals surface area contributed by atoms with Crippen LogP contribution in [0, 0.1) is 24.6 Å². The Labute approximate surface area is 215 Å². The monoisotopic (exact) mass is 506 g/mol. The smallest absolute Gasteiger partial charge is 0.185 e. The fourth-order valence-corrected chi connectivity index (χ4v) is 5.64. The molecular formula is C27H31FN6OS. The van der Waals surface area contributed by atoms with E-state index in [1.807, 2.05) is 51.6 Å². The number of hydrogen-bond donors (Lipinski definition) is 0. The molecule has 1 saturated heterocycles. The molecule has 0 radical (unpaired) electrons. The van der Waals surface area contributed by atoms with Gasteiger partial charge >= 0.3 is 0 Å². The molecule has 3 aliphatic heterocycles. The second-order valence-corrected chi connectivity index (χ2v) is 9.52. The topological polar surface area (TPSA) is 58.2 Å². The van der Waals surface area contributed by atoms with E-state index in [4.69, 9.17) is 9.73 Å². The first-order valence-corrected chi connectivity index (χ1v) is 13.3. The van der Waals surface area contributed by atoms with Gasteiger partial charge in [-0.1, -0.05) is 19.9 Å². The van der Waals surface area contributed by atoms with E-state index in [0.29, 0.717) is 19.7 Å². The normalized spacial score (nSPS) is 24.0. The Morgan fingerprint density at radius 3 is 2.75 bits per heavy atom. The highest BCUT2D eigenvalue weighted by atomic mass is 32.2. The van der Waals surface area contributed by atoms with E-state index in [1.165, 1.54) is 17.0 Å². The minimum Gasteiger partial charge on any atom is -0.488 e. The lowest BCUT2D eigenvalue weighted by Crippen LogP contribution is -2.55. The van der Waals surface area contributed by atoms with Crippen molar-refractivity contribution in [1.82, 2.24) is 14.6 Å². The molecule has 6 rings (SSSR count). The number of halogens is 1. The van der Waals surface area contributed by atoms with Crippen LogP contribution in [0.4, 0.5) is 10.1 Å². The molecule has 4 heterocycles. The number of fused-ring (bicyclic) bond motifs is 2. The number of benzene rings is 1. The molecular weight excluding hydrogens is 475 g/mol. The van der Waals surface area contributed by atoms with Crippen molar-refractivity contribution in [2.45, 2.75) is 27.2 Å². The zero-order valence-electron chi connectivity index (χ0n) is 20.8. The zero-order valence-corrected chi connectivity index (χ0v) is 21.7. The number of aromatic nitrogens is 2. The number of hydrazine groups is 1. The van der Waals surface area contributed by atoms with Crippen molar-refractivity contribution < 1.29 is 9.13 Å². The summed E-state index contributed by atoms with van der Waals surface area (Å²) in [6.45, 7) is 8.69. The van der Waals surface area contributed by atoms with E-state index < -0.39 is 0 Å². The standard InChI is InChI=1S/C25H25FN6OS.C2H6/c1-17-15-30(16-28-17)22-7-2-18(12-19-14-29-34-24(19)22)13-23-25-27-8-9-31(32(25)10-11-33-23)21-5-3-20(26)4-6-21;1-2/h2-7,13-16,18-19H,8-12H2,1H3;1-2H3/b23-13-;. The van der Waals surface area contributed by atoms with E-state index >= 15 is 0 Å². The number of morpholine rings is 1. The summed E-state index contributed by atoms with van der Waals surface area (Å²) in [5.41, 5.74) is 3.07. The number of allylic oxidation sites excluding steroid dienone is 5. The zero-order chi connectivity index (χ0) is 25.1. The highest BCUT2D eigenvalue weighted by molar-refractivity contribution is 8.02. The number of ether oxygens (including phenoxy) is 1. The van der Waals surface area contributed by atoms with Crippen LogP contribution in [0.15, 0.2) is 75.1 Å². The van der Waals surface area contributed by atoms with Gasteiger partial charge in [-0.2, -0.15) is 0 Å². The molecule has 0 bridgehead atoms. The van der Waals surface area contributed by atoms with Crippen LogP contribution in [0.2, 0.25) is 0 Å². The fourth-order valence-electron chi connectivity index (χ4n) is 4.76. The lowest BCUT2D eigenvalue weighted by molar-refractivity contribution is 0.157. The van der Waals surface area contributed by atoms with E-state index in [-0.39, 0.29) is 17.7 Å². The molecule has 0 N–H and O–H groups in total. The van der Waals surface area contributed by atoms with Gasteiger partial charge in [-0.3, -0.25) is 15.0 Å². The van der Waals surface area contributed by atoms with Crippen molar-refractivity contribution in [3.63, 3.8) is 0 Å². The molecule has 0 amide bonds. The van der Waals surface area contributed by atoms with Crippen molar-refractivity contribution in [2.75, 3.05) is 31.3 Å². The van der Waals surface area contributed by atoms with Crippen molar-refractivity contribution in [1.29, 1.82) is 0 Å². The van der Waals surface area contributed by atoms with Crippen molar-refractivity contribution in [3.8, 4) is 0 Å². The molecule has 1 aromatic carbocycles. The number of nitrogens with zero attached hydrogens (tertiary/aromatic N) is 6. The molecule has 1 fully saturated rings. The Hall–Kier alpha value is -3.33. The Bertz CT molecular complexity index is 1250. The van der Waals surface area contributed by atoms with Crippen molar-refractivity contribution in [3.05, 3.63) is 77.2 Å².